The predicted molar refractivity (Wildman–Crippen MR) is 157 cm³/mol. The van der Waals surface area contributed by atoms with E-state index in [0.717, 1.165) is 73.3 Å². The molecular formula is C31H43N7O. The minimum Gasteiger partial charge on any atom is -0.310 e. The molecule has 0 bridgehead atoms. The molecule has 5 heterocycles. The third kappa shape index (κ3) is 6.03. The maximum absolute atomic E-state index is 13.2. The smallest absolute Gasteiger partial charge is 0.228 e. The Bertz CT molecular complexity index is 1280. The van der Waals surface area contributed by atoms with Gasteiger partial charge in [-0.15, -0.1) is 0 Å². The van der Waals surface area contributed by atoms with Gasteiger partial charge < -0.3 is 15.1 Å². The van der Waals surface area contributed by atoms with Gasteiger partial charge in [0, 0.05) is 41.3 Å². The third-order valence-corrected chi connectivity index (χ3v) is 9.21. The molecule has 1 amide bonds. The van der Waals surface area contributed by atoms with Crippen molar-refractivity contribution in [1.29, 1.82) is 0 Å². The van der Waals surface area contributed by atoms with E-state index in [1.165, 1.54) is 50.8 Å². The molecular weight excluding hydrogens is 486 g/mol. The molecule has 0 aliphatic carbocycles. The first-order chi connectivity index (χ1) is 19.0. The van der Waals surface area contributed by atoms with Crippen LogP contribution in [0.25, 0.3) is 21.9 Å². The van der Waals surface area contributed by atoms with Gasteiger partial charge in [-0.25, -0.2) is 4.98 Å². The molecule has 0 spiro atoms. The fourth-order valence-electron chi connectivity index (χ4n) is 6.79. The van der Waals surface area contributed by atoms with Crippen molar-refractivity contribution in [2.24, 2.45) is 5.92 Å². The number of anilines is 1. The van der Waals surface area contributed by atoms with E-state index in [4.69, 9.17) is 0 Å². The van der Waals surface area contributed by atoms with Gasteiger partial charge in [-0.1, -0.05) is 18.6 Å². The first kappa shape index (κ1) is 26.4. The molecule has 208 valence electrons. The van der Waals surface area contributed by atoms with Crippen LogP contribution in [0.3, 0.4) is 0 Å². The summed E-state index contributed by atoms with van der Waals surface area (Å²) in [6.07, 6.45) is 10.1. The van der Waals surface area contributed by atoms with Crippen LogP contribution < -0.4 is 5.32 Å². The van der Waals surface area contributed by atoms with Crippen molar-refractivity contribution in [3.63, 3.8) is 0 Å². The summed E-state index contributed by atoms with van der Waals surface area (Å²) in [6.45, 7) is 9.68. The number of pyridine rings is 1. The SMILES string of the molecule is Cc1[nH]nc(CN2CCCCC2)c1-c1ccc2cnc(NC(=O)C3CCN(C4CCN(C)CC4)CC3)cc2c1. The molecule has 6 rings (SSSR count). The number of hydrogen-bond acceptors (Lipinski definition) is 6. The molecule has 0 unspecified atom stereocenters. The molecule has 3 saturated heterocycles. The molecule has 0 atom stereocenters. The van der Waals surface area contributed by atoms with Crippen LogP contribution in [-0.4, -0.2) is 88.1 Å². The number of carbonyl (C=O) groups is 1. The summed E-state index contributed by atoms with van der Waals surface area (Å²) in [5, 5.41) is 13.2. The number of nitrogens with zero attached hydrogens (tertiary/aromatic N) is 5. The number of aromatic amines is 1. The Labute approximate surface area is 232 Å². The summed E-state index contributed by atoms with van der Waals surface area (Å²) in [4.78, 5) is 25.3. The van der Waals surface area contributed by atoms with Crippen molar-refractivity contribution in [3.8, 4) is 11.1 Å². The fraction of sp³-hybridized carbons (Fsp3) is 0.581. The minimum atomic E-state index is 0.0577. The topological polar surface area (TPSA) is 80.4 Å². The maximum Gasteiger partial charge on any atom is 0.228 e. The Balaban J connectivity index is 1.12. The lowest BCUT2D eigenvalue weighted by Crippen LogP contribution is -2.48. The van der Waals surface area contributed by atoms with E-state index in [-0.39, 0.29) is 11.8 Å². The van der Waals surface area contributed by atoms with E-state index in [1.807, 2.05) is 12.3 Å². The molecule has 3 fully saturated rings. The molecule has 1 aromatic carbocycles. The normalized spacial score (nSPS) is 21.0. The third-order valence-electron chi connectivity index (χ3n) is 9.21. The number of amides is 1. The number of benzene rings is 1. The van der Waals surface area contributed by atoms with E-state index in [9.17, 15) is 4.79 Å². The van der Waals surface area contributed by atoms with Crippen molar-refractivity contribution in [3.05, 3.63) is 41.9 Å². The van der Waals surface area contributed by atoms with Crippen molar-refractivity contribution in [2.45, 2.75) is 64.5 Å². The van der Waals surface area contributed by atoms with Gasteiger partial charge in [0.15, 0.2) is 0 Å². The second-order valence-electron chi connectivity index (χ2n) is 12.0. The Morgan fingerprint density at radius 1 is 0.974 bits per heavy atom. The number of hydrogen-bond donors (Lipinski definition) is 2. The lowest BCUT2D eigenvalue weighted by atomic mass is 9.93. The van der Waals surface area contributed by atoms with Crippen LogP contribution in [0.5, 0.6) is 0 Å². The summed E-state index contributed by atoms with van der Waals surface area (Å²) in [5.41, 5.74) is 4.56. The van der Waals surface area contributed by atoms with Gasteiger partial charge >= 0.3 is 0 Å². The molecule has 3 aromatic rings. The summed E-state index contributed by atoms with van der Waals surface area (Å²) in [6, 6.07) is 9.20. The van der Waals surface area contributed by atoms with Gasteiger partial charge in [-0.2, -0.15) is 5.10 Å². The molecule has 2 N–H and O–H groups in total. The average molecular weight is 530 g/mol. The molecule has 8 nitrogen and oxygen atoms in total. The summed E-state index contributed by atoms with van der Waals surface area (Å²) in [5.74, 6) is 0.803. The maximum atomic E-state index is 13.2. The molecule has 39 heavy (non-hydrogen) atoms. The highest BCUT2D eigenvalue weighted by atomic mass is 16.1. The lowest BCUT2D eigenvalue weighted by molar-refractivity contribution is -0.121. The minimum absolute atomic E-state index is 0.0577. The van der Waals surface area contributed by atoms with Crippen molar-refractivity contribution in [2.75, 3.05) is 51.6 Å². The van der Waals surface area contributed by atoms with Crippen LogP contribution in [0.4, 0.5) is 5.82 Å². The van der Waals surface area contributed by atoms with E-state index in [0.29, 0.717) is 11.9 Å². The van der Waals surface area contributed by atoms with Crippen molar-refractivity contribution < 1.29 is 4.79 Å². The number of carbonyl (C=O) groups excluding carboxylic acids is 1. The largest absolute Gasteiger partial charge is 0.310 e. The van der Waals surface area contributed by atoms with Gasteiger partial charge in [0.25, 0.3) is 0 Å². The Morgan fingerprint density at radius 2 is 1.74 bits per heavy atom. The molecule has 0 radical (unpaired) electrons. The molecule has 0 saturated carbocycles. The number of likely N-dealkylation sites (tertiary alicyclic amines) is 3. The molecule has 2 aromatic heterocycles. The number of piperidine rings is 3. The Kier molecular flexibility index (Phi) is 7.95. The first-order valence-electron chi connectivity index (χ1n) is 14.9. The van der Waals surface area contributed by atoms with E-state index < -0.39 is 0 Å². The van der Waals surface area contributed by atoms with Crippen molar-refractivity contribution >= 4 is 22.5 Å². The van der Waals surface area contributed by atoms with Gasteiger partial charge in [-0.3, -0.25) is 14.8 Å². The number of aryl methyl sites for hydroxylation is 1. The highest BCUT2D eigenvalue weighted by Gasteiger charge is 2.30. The van der Waals surface area contributed by atoms with Crippen LogP contribution in [0, 0.1) is 12.8 Å². The lowest BCUT2D eigenvalue weighted by Gasteiger charge is -2.40. The average Bonchev–Trinajstić information content (AvgIpc) is 3.33. The summed E-state index contributed by atoms with van der Waals surface area (Å²) in [7, 11) is 2.21. The monoisotopic (exact) mass is 529 g/mol. The van der Waals surface area contributed by atoms with E-state index in [1.54, 1.807) is 0 Å². The van der Waals surface area contributed by atoms with Gasteiger partial charge in [-0.05, 0) is 115 Å². The second kappa shape index (κ2) is 11.7. The van der Waals surface area contributed by atoms with Crippen LogP contribution in [0.15, 0.2) is 30.5 Å². The summed E-state index contributed by atoms with van der Waals surface area (Å²) >= 11 is 0. The van der Waals surface area contributed by atoms with E-state index in [2.05, 4.69) is 67.4 Å². The number of aromatic nitrogens is 3. The molecule has 8 heteroatoms. The standard InChI is InChI=1S/C31H43N7O/c1-22-30(28(35-34-22)21-37-12-4-3-5-13-37)24-6-7-25-20-32-29(19-26(25)18-24)33-31(39)23-8-16-38(17-9-23)27-10-14-36(2)15-11-27/h6-7,18-20,23,27H,3-5,8-17,21H2,1-2H3,(H,34,35)(H,32,33,39). The van der Waals surface area contributed by atoms with Gasteiger partial charge in [0.2, 0.25) is 5.91 Å². The van der Waals surface area contributed by atoms with Crippen molar-refractivity contribution in [1.82, 2.24) is 29.9 Å². The zero-order chi connectivity index (χ0) is 26.8. The zero-order valence-electron chi connectivity index (χ0n) is 23.6. The highest BCUT2D eigenvalue weighted by Crippen LogP contribution is 2.31. The molecule has 3 aliphatic heterocycles. The quantitative estimate of drug-likeness (QED) is 0.483. The Hall–Kier alpha value is -2.81. The molecule has 3 aliphatic rings. The first-order valence-corrected chi connectivity index (χ1v) is 14.9. The zero-order valence-corrected chi connectivity index (χ0v) is 23.6. The van der Waals surface area contributed by atoms with E-state index >= 15 is 0 Å². The van der Waals surface area contributed by atoms with Crippen LogP contribution in [0.2, 0.25) is 0 Å². The fourth-order valence-corrected chi connectivity index (χ4v) is 6.79. The number of fused-ring (bicyclic) bond motifs is 1. The number of H-pyrrole nitrogens is 1. The van der Waals surface area contributed by atoms with Crippen LogP contribution in [-0.2, 0) is 11.3 Å². The number of rotatable bonds is 6. The van der Waals surface area contributed by atoms with Gasteiger partial charge in [0.05, 0.1) is 5.69 Å². The van der Waals surface area contributed by atoms with Crippen LogP contribution >= 0.6 is 0 Å². The predicted octanol–water partition coefficient (Wildman–Crippen LogP) is 4.66. The summed E-state index contributed by atoms with van der Waals surface area (Å²) < 4.78 is 0. The van der Waals surface area contributed by atoms with Crippen LogP contribution in [0.1, 0.15) is 56.3 Å². The Morgan fingerprint density at radius 3 is 2.51 bits per heavy atom. The highest BCUT2D eigenvalue weighted by molar-refractivity contribution is 5.95. The second-order valence-corrected chi connectivity index (χ2v) is 12.0. The number of nitrogens with one attached hydrogen (secondary N) is 2. The van der Waals surface area contributed by atoms with Gasteiger partial charge in [0.1, 0.15) is 5.82 Å².